The number of sulfonamides is 1. The molecule has 0 saturated carbocycles. The summed E-state index contributed by atoms with van der Waals surface area (Å²) in [6, 6.07) is 14.7. The molecule has 2 aromatic carbocycles. The SMILES string of the molecule is CCCNC(=O)CN(c1ccc(OCC)cc1)S(=O)(=O)c1ccccc1. The van der Waals surface area contributed by atoms with Gasteiger partial charge in [-0.1, -0.05) is 25.1 Å². The van der Waals surface area contributed by atoms with Crippen LogP contribution in [0.4, 0.5) is 5.69 Å². The second-order valence-electron chi connectivity index (χ2n) is 5.60. The lowest BCUT2D eigenvalue weighted by molar-refractivity contribution is -0.119. The molecule has 0 bridgehead atoms. The monoisotopic (exact) mass is 376 g/mol. The van der Waals surface area contributed by atoms with E-state index in [9.17, 15) is 13.2 Å². The topological polar surface area (TPSA) is 75.7 Å². The van der Waals surface area contributed by atoms with Crippen molar-refractivity contribution in [3.63, 3.8) is 0 Å². The summed E-state index contributed by atoms with van der Waals surface area (Å²) in [5.41, 5.74) is 0.406. The smallest absolute Gasteiger partial charge is 0.264 e. The quantitative estimate of drug-likeness (QED) is 0.730. The number of nitrogens with one attached hydrogen (secondary N) is 1. The summed E-state index contributed by atoms with van der Waals surface area (Å²) in [4.78, 5) is 12.3. The summed E-state index contributed by atoms with van der Waals surface area (Å²) < 4.78 is 32.6. The Morgan fingerprint density at radius 3 is 2.27 bits per heavy atom. The molecule has 1 N–H and O–H groups in total. The molecule has 2 aromatic rings. The lowest BCUT2D eigenvalue weighted by atomic mass is 10.3. The Labute approximate surface area is 154 Å². The number of ether oxygens (including phenoxy) is 1. The molecule has 0 aliphatic carbocycles. The number of rotatable bonds is 9. The number of nitrogens with zero attached hydrogens (tertiary/aromatic N) is 1. The van der Waals surface area contributed by atoms with Gasteiger partial charge in [0.15, 0.2) is 0 Å². The van der Waals surface area contributed by atoms with Crippen molar-refractivity contribution in [3.8, 4) is 5.75 Å². The van der Waals surface area contributed by atoms with Crippen molar-refractivity contribution in [2.75, 3.05) is 24.0 Å². The molecule has 0 atom stereocenters. The Bertz CT molecular complexity index is 805. The fourth-order valence-corrected chi connectivity index (χ4v) is 3.80. The molecule has 0 heterocycles. The molecule has 0 aromatic heterocycles. The maximum absolute atomic E-state index is 13.1. The summed E-state index contributed by atoms with van der Waals surface area (Å²) in [5.74, 6) is 0.295. The number of anilines is 1. The van der Waals surface area contributed by atoms with Crippen molar-refractivity contribution in [2.24, 2.45) is 0 Å². The van der Waals surface area contributed by atoms with Crippen LogP contribution in [-0.2, 0) is 14.8 Å². The van der Waals surface area contributed by atoms with Crippen LogP contribution < -0.4 is 14.4 Å². The minimum Gasteiger partial charge on any atom is -0.494 e. The van der Waals surface area contributed by atoms with Crippen LogP contribution in [-0.4, -0.2) is 34.0 Å². The van der Waals surface area contributed by atoms with Gasteiger partial charge in [0.2, 0.25) is 5.91 Å². The average Bonchev–Trinajstić information content (AvgIpc) is 2.66. The molecule has 7 heteroatoms. The van der Waals surface area contributed by atoms with Gasteiger partial charge in [0.1, 0.15) is 12.3 Å². The highest BCUT2D eigenvalue weighted by Crippen LogP contribution is 2.25. The highest BCUT2D eigenvalue weighted by Gasteiger charge is 2.26. The van der Waals surface area contributed by atoms with Gasteiger partial charge in [0.25, 0.3) is 10.0 Å². The Balaban J connectivity index is 2.37. The van der Waals surface area contributed by atoms with Gasteiger partial charge in [0.05, 0.1) is 17.2 Å². The first kappa shape index (κ1) is 19.8. The van der Waals surface area contributed by atoms with E-state index in [-0.39, 0.29) is 17.3 Å². The molecule has 2 rings (SSSR count). The third kappa shape index (κ3) is 4.98. The second-order valence-corrected chi connectivity index (χ2v) is 7.46. The van der Waals surface area contributed by atoms with Gasteiger partial charge in [-0.05, 0) is 49.7 Å². The van der Waals surface area contributed by atoms with Gasteiger partial charge in [-0.3, -0.25) is 9.10 Å². The number of benzene rings is 2. The molecule has 26 heavy (non-hydrogen) atoms. The van der Waals surface area contributed by atoms with Crippen molar-refractivity contribution in [1.82, 2.24) is 5.32 Å². The van der Waals surface area contributed by atoms with Crippen LogP contribution in [0.1, 0.15) is 20.3 Å². The normalized spacial score (nSPS) is 11.0. The molecule has 140 valence electrons. The minimum absolute atomic E-state index is 0.136. The highest BCUT2D eigenvalue weighted by molar-refractivity contribution is 7.92. The van der Waals surface area contributed by atoms with Crippen LogP contribution in [0.15, 0.2) is 59.5 Å². The van der Waals surface area contributed by atoms with E-state index in [4.69, 9.17) is 4.74 Å². The molecule has 0 aliphatic heterocycles. The van der Waals surface area contributed by atoms with Gasteiger partial charge in [-0.25, -0.2) is 8.42 Å². The van der Waals surface area contributed by atoms with Crippen LogP contribution in [0.25, 0.3) is 0 Å². The third-order valence-electron chi connectivity index (χ3n) is 3.63. The largest absolute Gasteiger partial charge is 0.494 e. The molecule has 6 nitrogen and oxygen atoms in total. The van der Waals surface area contributed by atoms with E-state index in [1.807, 2.05) is 13.8 Å². The zero-order valence-corrected chi connectivity index (χ0v) is 15.8. The molecule has 0 saturated heterocycles. The van der Waals surface area contributed by atoms with E-state index in [0.29, 0.717) is 24.6 Å². The molecular weight excluding hydrogens is 352 g/mol. The molecule has 0 spiro atoms. The van der Waals surface area contributed by atoms with E-state index in [1.165, 1.54) is 12.1 Å². The fraction of sp³-hybridized carbons (Fsp3) is 0.316. The summed E-state index contributed by atoms with van der Waals surface area (Å²) in [6.07, 6.45) is 0.778. The summed E-state index contributed by atoms with van der Waals surface area (Å²) in [7, 11) is -3.87. The van der Waals surface area contributed by atoms with Crippen LogP contribution in [0.3, 0.4) is 0 Å². The zero-order valence-electron chi connectivity index (χ0n) is 15.0. The molecule has 0 radical (unpaired) electrons. The summed E-state index contributed by atoms with van der Waals surface area (Å²) >= 11 is 0. The van der Waals surface area contributed by atoms with Crippen molar-refractivity contribution >= 4 is 21.6 Å². The predicted octanol–water partition coefficient (Wildman–Crippen LogP) is 2.81. The van der Waals surface area contributed by atoms with Crippen molar-refractivity contribution in [1.29, 1.82) is 0 Å². The van der Waals surface area contributed by atoms with E-state index in [1.54, 1.807) is 42.5 Å². The Kier molecular flexibility index (Phi) is 7.03. The number of carbonyl (C=O) groups excluding carboxylic acids is 1. The minimum atomic E-state index is -3.87. The maximum Gasteiger partial charge on any atom is 0.264 e. The van der Waals surface area contributed by atoms with Gasteiger partial charge >= 0.3 is 0 Å². The Hall–Kier alpha value is -2.54. The molecular formula is C19H24N2O4S. The second kappa shape index (κ2) is 9.24. The molecule has 0 fully saturated rings. The maximum atomic E-state index is 13.1. The van der Waals surface area contributed by atoms with E-state index >= 15 is 0 Å². The van der Waals surface area contributed by atoms with Crippen molar-refractivity contribution < 1.29 is 17.9 Å². The molecule has 0 aliphatic rings. The van der Waals surface area contributed by atoms with Crippen LogP contribution in [0, 0.1) is 0 Å². The predicted molar refractivity (Wildman–Crippen MR) is 102 cm³/mol. The average molecular weight is 376 g/mol. The van der Waals surface area contributed by atoms with E-state index in [2.05, 4.69) is 5.32 Å². The summed E-state index contributed by atoms with van der Waals surface area (Å²) in [6.45, 7) is 4.54. The van der Waals surface area contributed by atoms with Crippen molar-refractivity contribution in [2.45, 2.75) is 25.2 Å². The first-order valence-corrected chi connectivity index (χ1v) is 10.0. The first-order chi connectivity index (χ1) is 12.5. The number of hydrogen-bond donors (Lipinski definition) is 1. The van der Waals surface area contributed by atoms with Crippen LogP contribution >= 0.6 is 0 Å². The zero-order chi connectivity index (χ0) is 19.0. The van der Waals surface area contributed by atoms with Crippen molar-refractivity contribution in [3.05, 3.63) is 54.6 Å². The fourth-order valence-electron chi connectivity index (χ4n) is 2.36. The highest BCUT2D eigenvalue weighted by atomic mass is 32.2. The number of amides is 1. The number of carbonyl (C=O) groups is 1. The van der Waals surface area contributed by atoms with E-state index < -0.39 is 10.0 Å². The van der Waals surface area contributed by atoms with Gasteiger partial charge in [-0.15, -0.1) is 0 Å². The van der Waals surface area contributed by atoms with Gasteiger partial charge in [-0.2, -0.15) is 0 Å². The number of hydrogen-bond acceptors (Lipinski definition) is 4. The lowest BCUT2D eigenvalue weighted by Gasteiger charge is -2.24. The molecule has 1 amide bonds. The Morgan fingerprint density at radius 2 is 1.69 bits per heavy atom. The first-order valence-electron chi connectivity index (χ1n) is 8.56. The van der Waals surface area contributed by atoms with Gasteiger partial charge < -0.3 is 10.1 Å². The van der Waals surface area contributed by atoms with Crippen LogP contribution in [0.5, 0.6) is 5.75 Å². The molecule has 0 unspecified atom stereocenters. The van der Waals surface area contributed by atoms with E-state index in [0.717, 1.165) is 10.7 Å². The Morgan fingerprint density at radius 1 is 1.04 bits per heavy atom. The summed E-state index contributed by atoms with van der Waals surface area (Å²) in [5, 5.41) is 2.72. The lowest BCUT2D eigenvalue weighted by Crippen LogP contribution is -2.41. The van der Waals surface area contributed by atoms with Gasteiger partial charge in [0, 0.05) is 6.54 Å². The third-order valence-corrected chi connectivity index (χ3v) is 5.41. The van der Waals surface area contributed by atoms with Crippen LogP contribution in [0.2, 0.25) is 0 Å². The standard InChI is InChI=1S/C19H24N2O4S/c1-3-14-20-19(22)15-21(16-10-12-17(13-11-16)25-4-2)26(23,24)18-8-6-5-7-9-18/h5-13H,3-4,14-15H2,1-2H3,(H,20,22).